The molecule has 80 valence electrons. The third-order valence-electron chi connectivity index (χ3n) is 1.82. The van der Waals surface area contributed by atoms with Crippen LogP contribution in [0.4, 0.5) is 0 Å². The van der Waals surface area contributed by atoms with E-state index in [1.165, 1.54) is 6.07 Å². The highest BCUT2D eigenvalue weighted by atomic mass is 16.5. The summed E-state index contributed by atoms with van der Waals surface area (Å²) >= 11 is 0. The summed E-state index contributed by atoms with van der Waals surface area (Å²) in [6, 6.07) is 3.46. The number of benzene rings is 1. The molecule has 0 aliphatic rings. The van der Waals surface area contributed by atoms with Gasteiger partial charge in [-0.3, -0.25) is 0 Å². The molecule has 0 aliphatic carbocycles. The number of carbonyl (C=O) groups is 2. The zero-order valence-corrected chi connectivity index (χ0v) is 7.41. The normalized spacial score (nSPS) is 10.3. The predicted octanol–water partition coefficient (Wildman–Crippen LogP) is 0.0662. The molecular weight excluding hydrogens is 204 g/mol. The summed E-state index contributed by atoms with van der Waals surface area (Å²) in [4.78, 5) is 21.4. The molecule has 0 fully saturated rings. The van der Waals surface area contributed by atoms with E-state index in [1.807, 2.05) is 0 Å². The summed E-state index contributed by atoms with van der Waals surface area (Å²) < 4.78 is 0. The summed E-state index contributed by atoms with van der Waals surface area (Å²) in [5.41, 5.74) is -1.43. The average Bonchev–Trinajstić information content (AvgIpc) is 2.16. The van der Waals surface area contributed by atoms with Gasteiger partial charge in [0.25, 0.3) is 0 Å². The topological polar surface area (TPSA) is 115 Å². The smallest absolute Gasteiger partial charge is 0.337 e. The van der Waals surface area contributed by atoms with Gasteiger partial charge in [-0.1, -0.05) is 12.1 Å². The summed E-state index contributed by atoms with van der Waals surface area (Å²) in [7, 11) is 0. The van der Waals surface area contributed by atoms with Crippen LogP contribution in [-0.2, 0) is 0 Å². The standard InChI is InChI=1S/C9H8O6/c10-7(11)4-2-1-3-5(8(12)13)6(4)9(14)15/h1-3,7,10-11H,(H,12,13)(H,14,15). The van der Waals surface area contributed by atoms with E-state index in [4.69, 9.17) is 20.4 Å². The maximum Gasteiger partial charge on any atom is 0.337 e. The SMILES string of the molecule is O=C(O)c1cccc(C(O)O)c1C(=O)O. The zero-order chi connectivity index (χ0) is 11.6. The first-order chi connectivity index (χ1) is 6.95. The molecule has 0 amide bonds. The van der Waals surface area contributed by atoms with Crippen LogP contribution < -0.4 is 0 Å². The molecule has 1 rings (SSSR count). The van der Waals surface area contributed by atoms with Crippen molar-refractivity contribution < 1.29 is 30.0 Å². The fraction of sp³-hybridized carbons (Fsp3) is 0.111. The molecular formula is C9H8O6. The van der Waals surface area contributed by atoms with Gasteiger partial charge >= 0.3 is 11.9 Å². The first-order valence-corrected chi connectivity index (χ1v) is 3.90. The molecule has 6 heteroatoms. The van der Waals surface area contributed by atoms with Gasteiger partial charge in [-0.05, 0) is 6.07 Å². The Morgan fingerprint density at radius 2 is 1.67 bits per heavy atom. The summed E-state index contributed by atoms with van der Waals surface area (Å²) in [5.74, 6) is -2.95. The highest BCUT2D eigenvalue weighted by Crippen LogP contribution is 2.20. The van der Waals surface area contributed by atoms with Gasteiger partial charge < -0.3 is 20.4 Å². The maximum atomic E-state index is 10.8. The Labute approximate surface area is 84.0 Å². The number of aromatic carboxylic acids is 2. The van der Waals surface area contributed by atoms with Crippen LogP contribution in [0.15, 0.2) is 18.2 Å². The quantitative estimate of drug-likeness (QED) is 0.527. The molecule has 1 aromatic carbocycles. The summed E-state index contributed by atoms with van der Waals surface area (Å²) in [6.07, 6.45) is -2.02. The van der Waals surface area contributed by atoms with Gasteiger partial charge in [0.1, 0.15) is 0 Å². The Morgan fingerprint density at radius 3 is 2.07 bits per heavy atom. The van der Waals surface area contributed by atoms with Gasteiger partial charge in [0.2, 0.25) is 0 Å². The van der Waals surface area contributed by atoms with Gasteiger partial charge in [0.15, 0.2) is 6.29 Å². The minimum absolute atomic E-state index is 0.345. The monoisotopic (exact) mass is 212 g/mol. The molecule has 0 aliphatic heterocycles. The molecule has 0 radical (unpaired) electrons. The first kappa shape index (κ1) is 11.2. The number of hydrogen-bond acceptors (Lipinski definition) is 4. The molecule has 0 bridgehead atoms. The maximum absolute atomic E-state index is 10.8. The van der Waals surface area contributed by atoms with Crippen molar-refractivity contribution in [3.63, 3.8) is 0 Å². The molecule has 6 nitrogen and oxygen atoms in total. The summed E-state index contributed by atoms with van der Waals surface area (Å²) in [5, 5.41) is 35.2. The van der Waals surface area contributed by atoms with E-state index in [0.717, 1.165) is 12.1 Å². The Bertz CT molecular complexity index is 409. The van der Waals surface area contributed by atoms with Crippen LogP contribution in [0.5, 0.6) is 0 Å². The molecule has 15 heavy (non-hydrogen) atoms. The largest absolute Gasteiger partial charge is 0.478 e. The van der Waals surface area contributed by atoms with E-state index < -0.39 is 29.4 Å². The van der Waals surface area contributed by atoms with Crippen LogP contribution in [0.3, 0.4) is 0 Å². The fourth-order valence-corrected chi connectivity index (χ4v) is 1.20. The Morgan fingerprint density at radius 1 is 1.07 bits per heavy atom. The predicted molar refractivity (Wildman–Crippen MR) is 47.5 cm³/mol. The fourth-order valence-electron chi connectivity index (χ4n) is 1.20. The van der Waals surface area contributed by atoms with Crippen LogP contribution in [0.2, 0.25) is 0 Å². The molecule has 0 saturated carbocycles. The van der Waals surface area contributed by atoms with E-state index in [1.54, 1.807) is 0 Å². The number of hydrogen-bond donors (Lipinski definition) is 4. The molecule has 0 spiro atoms. The molecule has 0 aromatic heterocycles. The van der Waals surface area contributed by atoms with Crippen molar-refractivity contribution in [2.45, 2.75) is 6.29 Å². The minimum atomic E-state index is -2.02. The van der Waals surface area contributed by atoms with Crippen molar-refractivity contribution in [2.24, 2.45) is 0 Å². The molecule has 0 unspecified atom stereocenters. The zero-order valence-electron chi connectivity index (χ0n) is 7.41. The van der Waals surface area contributed by atoms with Crippen molar-refractivity contribution in [2.75, 3.05) is 0 Å². The van der Waals surface area contributed by atoms with E-state index in [9.17, 15) is 9.59 Å². The third kappa shape index (κ3) is 2.12. The Kier molecular flexibility index (Phi) is 3.03. The number of aliphatic hydroxyl groups is 2. The molecule has 1 aromatic rings. The highest BCUT2D eigenvalue weighted by Gasteiger charge is 2.22. The molecule has 0 saturated heterocycles. The van der Waals surface area contributed by atoms with Crippen LogP contribution in [0.25, 0.3) is 0 Å². The van der Waals surface area contributed by atoms with E-state index in [0.29, 0.717) is 0 Å². The van der Waals surface area contributed by atoms with E-state index in [-0.39, 0.29) is 5.56 Å². The lowest BCUT2D eigenvalue weighted by molar-refractivity contribution is -0.0433. The summed E-state index contributed by atoms with van der Waals surface area (Å²) in [6.45, 7) is 0. The van der Waals surface area contributed by atoms with Crippen LogP contribution in [-0.4, -0.2) is 32.4 Å². The van der Waals surface area contributed by atoms with E-state index >= 15 is 0 Å². The highest BCUT2D eigenvalue weighted by molar-refractivity contribution is 6.02. The van der Waals surface area contributed by atoms with Crippen molar-refractivity contribution in [1.82, 2.24) is 0 Å². The third-order valence-corrected chi connectivity index (χ3v) is 1.82. The number of rotatable bonds is 3. The van der Waals surface area contributed by atoms with Gasteiger partial charge in [-0.25, -0.2) is 9.59 Å². The van der Waals surface area contributed by atoms with Crippen LogP contribution >= 0.6 is 0 Å². The van der Waals surface area contributed by atoms with E-state index in [2.05, 4.69) is 0 Å². The van der Waals surface area contributed by atoms with Crippen molar-refractivity contribution in [3.8, 4) is 0 Å². The van der Waals surface area contributed by atoms with Crippen LogP contribution in [0, 0.1) is 0 Å². The second kappa shape index (κ2) is 4.07. The van der Waals surface area contributed by atoms with Gasteiger partial charge in [0.05, 0.1) is 11.1 Å². The molecule has 0 atom stereocenters. The van der Waals surface area contributed by atoms with Crippen molar-refractivity contribution >= 4 is 11.9 Å². The van der Waals surface area contributed by atoms with Crippen LogP contribution in [0.1, 0.15) is 32.6 Å². The second-order valence-electron chi connectivity index (χ2n) is 2.75. The lowest BCUT2D eigenvalue weighted by Crippen LogP contribution is -2.13. The minimum Gasteiger partial charge on any atom is -0.478 e. The van der Waals surface area contributed by atoms with Gasteiger partial charge in [-0.2, -0.15) is 0 Å². The second-order valence-corrected chi connectivity index (χ2v) is 2.75. The lowest BCUT2D eigenvalue weighted by atomic mass is 10.0. The van der Waals surface area contributed by atoms with Gasteiger partial charge in [-0.15, -0.1) is 0 Å². The number of carboxylic acids is 2. The van der Waals surface area contributed by atoms with Gasteiger partial charge in [0, 0.05) is 5.56 Å². The first-order valence-electron chi connectivity index (χ1n) is 3.90. The number of aliphatic hydroxyl groups excluding tert-OH is 1. The molecule has 0 heterocycles. The van der Waals surface area contributed by atoms with Crippen molar-refractivity contribution in [1.29, 1.82) is 0 Å². The number of carboxylic acid groups (broad SMARTS) is 2. The lowest BCUT2D eigenvalue weighted by Gasteiger charge is -2.09. The Hall–Kier alpha value is -1.92. The average molecular weight is 212 g/mol. The van der Waals surface area contributed by atoms with Crippen molar-refractivity contribution in [3.05, 3.63) is 34.9 Å². The molecule has 4 N–H and O–H groups in total. The Balaban J connectivity index is 3.48.